The average molecular weight is 433 g/mol. The van der Waals surface area contributed by atoms with Crippen LogP contribution in [0.2, 0.25) is 0 Å². The molecule has 0 N–H and O–H groups in total. The monoisotopic (exact) mass is 432 g/mol. The van der Waals surface area contributed by atoms with Crippen LogP contribution in [0.4, 0.5) is 18.9 Å². The molecule has 9 heteroatoms. The van der Waals surface area contributed by atoms with Gasteiger partial charge in [0.2, 0.25) is 10.0 Å². The van der Waals surface area contributed by atoms with E-state index in [4.69, 9.17) is 4.74 Å². The predicted octanol–water partition coefficient (Wildman–Crippen LogP) is 3.80. The number of anilines is 1. The zero-order chi connectivity index (χ0) is 20.9. The maximum Gasteiger partial charge on any atom is 0.425 e. The minimum atomic E-state index is -4.39. The number of nitrogens with zero attached hydrogens (tertiary/aromatic N) is 2. The highest BCUT2D eigenvalue weighted by Gasteiger charge is 2.46. The Bertz CT molecular complexity index is 830. The lowest BCUT2D eigenvalue weighted by Gasteiger charge is -2.38. The summed E-state index contributed by atoms with van der Waals surface area (Å²) in [7, 11) is -3.10. The normalized spacial score (nSPS) is 24.1. The van der Waals surface area contributed by atoms with Gasteiger partial charge in [-0.15, -0.1) is 0 Å². The molecule has 162 valence electrons. The Morgan fingerprint density at radius 2 is 1.66 bits per heavy atom. The van der Waals surface area contributed by atoms with E-state index in [1.165, 1.54) is 0 Å². The Kier molecular flexibility index (Phi) is 5.26. The van der Waals surface area contributed by atoms with Crippen molar-refractivity contribution in [2.45, 2.75) is 56.6 Å². The molecule has 3 aliphatic rings. The first-order valence-electron chi connectivity index (χ1n) is 10.2. The van der Waals surface area contributed by atoms with Gasteiger partial charge < -0.3 is 9.64 Å². The van der Waals surface area contributed by atoms with Gasteiger partial charge in [0.1, 0.15) is 5.75 Å². The summed E-state index contributed by atoms with van der Waals surface area (Å²) in [6.07, 6.45) is -1.92. The zero-order valence-corrected chi connectivity index (χ0v) is 17.3. The molecule has 1 saturated carbocycles. The number of rotatable bonds is 5. The highest BCUT2D eigenvalue weighted by Crippen LogP contribution is 2.44. The third kappa shape index (κ3) is 4.35. The van der Waals surface area contributed by atoms with E-state index in [9.17, 15) is 21.6 Å². The molecular weight excluding hydrogens is 405 g/mol. The van der Waals surface area contributed by atoms with Gasteiger partial charge in [0.25, 0.3) is 0 Å². The molecule has 4 rings (SSSR count). The van der Waals surface area contributed by atoms with Crippen molar-refractivity contribution in [2.24, 2.45) is 5.41 Å². The van der Waals surface area contributed by atoms with E-state index in [2.05, 4.69) is 4.90 Å². The minimum Gasteiger partial charge on any atom is -0.481 e. The van der Waals surface area contributed by atoms with E-state index in [-0.39, 0.29) is 16.4 Å². The first kappa shape index (κ1) is 20.8. The van der Waals surface area contributed by atoms with Crippen LogP contribution in [0.5, 0.6) is 5.75 Å². The van der Waals surface area contributed by atoms with E-state index in [0.717, 1.165) is 57.8 Å². The predicted molar refractivity (Wildman–Crippen MR) is 105 cm³/mol. The van der Waals surface area contributed by atoms with Crippen LogP contribution in [0.25, 0.3) is 0 Å². The number of benzene rings is 1. The van der Waals surface area contributed by atoms with Crippen molar-refractivity contribution in [3.8, 4) is 5.75 Å². The topological polar surface area (TPSA) is 49.9 Å². The Morgan fingerprint density at radius 3 is 2.21 bits per heavy atom. The fourth-order valence-electron chi connectivity index (χ4n) is 4.36. The van der Waals surface area contributed by atoms with Crippen LogP contribution in [-0.2, 0) is 10.0 Å². The molecule has 2 aliphatic heterocycles. The number of halogens is 3. The number of sulfonamides is 1. The van der Waals surface area contributed by atoms with Gasteiger partial charge in [-0.2, -0.15) is 13.2 Å². The van der Waals surface area contributed by atoms with E-state index in [1.54, 1.807) is 28.6 Å². The molecule has 0 bridgehead atoms. The molecule has 2 saturated heterocycles. The summed E-state index contributed by atoms with van der Waals surface area (Å²) >= 11 is 0. The smallest absolute Gasteiger partial charge is 0.425 e. The highest BCUT2D eigenvalue weighted by atomic mass is 32.2. The lowest BCUT2D eigenvalue weighted by Crippen LogP contribution is -2.45. The molecule has 1 aromatic carbocycles. The van der Waals surface area contributed by atoms with Crippen molar-refractivity contribution in [1.29, 1.82) is 0 Å². The summed E-state index contributed by atoms with van der Waals surface area (Å²) in [4.78, 5) is 2.24. The molecule has 1 spiro atoms. The van der Waals surface area contributed by atoms with Gasteiger partial charge in [-0.3, -0.25) is 0 Å². The number of hydrogen-bond donors (Lipinski definition) is 0. The van der Waals surface area contributed by atoms with Gasteiger partial charge in [0.15, 0.2) is 6.10 Å². The second kappa shape index (κ2) is 7.34. The van der Waals surface area contributed by atoms with Gasteiger partial charge in [-0.05, 0) is 68.7 Å². The third-order valence-corrected chi connectivity index (χ3v) is 8.90. The molecule has 5 nitrogen and oxygen atoms in total. The van der Waals surface area contributed by atoms with Crippen molar-refractivity contribution in [3.63, 3.8) is 0 Å². The molecule has 1 atom stereocenters. The summed E-state index contributed by atoms with van der Waals surface area (Å²) in [5.41, 5.74) is 1.08. The second-order valence-corrected chi connectivity index (χ2v) is 10.8. The molecular formula is C20H27F3N2O3S. The molecule has 1 unspecified atom stereocenters. The molecule has 2 heterocycles. The van der Waals surface area contributed by atoms with E-state index >= 15 is 0 Å². The maximum absolute atomic E-state index is 12.6. The number of alkyl halides is 3. The van der Waals surface area contributed by atoms with Crippen LogP contribution in [0.15, 0.2) is 24.3 Å². The fourth-order valence-corrected chi connectivity index (χ4v) is 6.21. The van der Waals surface area contributed by atoms with Crippen LogP contribution >= 0.6 is 0 Å². The lowest BCUT2D eigenvalue weighted by molar-refractivity contribution is -0.189. The molecule has 3 fully saturated rings. The summed E-state index contributed by atoms with van der Waals surface area (Å²) in [6, 6.07) is 6.75. The van der Waals surface area contributed by atoms with Gasteiger partial charge in [-0.25, -0.2) is 12.7 Å². The first-order chi connectivity index (χ1) is 13.6. The van der Waals surface area contributed by atoms with Crippen LogP contribution in [0.1, 0.15) is 39.0 Å². The summed E-state index contributed by atoms with van der Waals surface area (Å²) in [5, 5.41) is -0.155. The van der Waals surface area contributed by atoms with Crippen LogP contribution in [0, 0.1) is 5.41 Å². The van der Waals surface area contributed by atoms with E-state index in [0.29, 0.717) is 13.1 Å². The Hall–Kier alpha value is -1.48. The van der Waals surface area contributed by atoms with Crippen LogP contribution in [-0.4, -0.2) is 56.4 Å². The number of piperidine rings is 1. The van der Waals surface area contributed by atoms with Gasteiger partial charge in [-0.1, -0.05) is 0 Å². The fraction of sp³-hybridized carbons (Fsp3) is 0.700. The third-order valence-electron chi connectivity index (χ3n) is 6.50. The Morgan fingerprint density at radius 1 is 1.07 bits per heavy atom. The molecule has 0 amide bonds. The molecule has 1 aromatic rings. The maximum atomic E-state index is 12.6. The van der Waals surface area contributed by atoms with Gasteiger partial charge in [0.05, 0.1) is 5.25 Å². The number of hydrogen-bond acceptors (Lipinski definition) is 4. The van der Waals surface area contributed by atoms with Gasteiger partial charge >= 0.3 is 6.18 Å². The lowest BCUT2D eigenvalue weighted by atomic mass is 9.78. The standard InChI is InChI=1S/C20H27F3N2O3S/c1-15(20(21,22)23)28-17-4-2-16(3-5-17)24-11-8-19(14-24)9-12-25(13-10-19)29(26,27)18-6-7-18/h2-5,15,18H,6-14H2,1H3. The number of ether oxygens (including phenoxy) is 1. The summed E-state index contributed by atoms with van der Waals surface area (Å²) in [6.45, 7) is 3.90. The van der Waals surface area contributed by atoms with Crippen molar-refractivity contribution in [3.05, 3.63) is 24.3 Å². The Labute approximate surface area is 169 Å². The quantitative estimate of drug-likeness (QED) is 0.710. The zero-order valence-electron chi connectivity index (χ0n) is 16.5. The second-order valence-electron chi connectivity index (χ2n) is 8.61. The molecule has 29 heavy (non-hydrogen) atoms. The molecule has 0 aromatic heterocycles. The van der Waals surface area contributed by atoms with Crippen molar-refractivity contribution >= 4 is 15.7 Å². The Balaban J connectivity index is 1.34. The minimum absolute atomic E-state index is 0.121. The van der Waals surface area contributed by atoms with Crippen molar-refractivity contribution in [2.75, 3.05) is 31.1 Å². The largest absolute Gasteiger partial charge is 0.481 e. The highest BCUT2D eigenvalue weighted by molar-refractivity contribution is 7.90. The van der Waals surface area contributed by atoms with Crippen molar-refractivity contribution in [1.82, 2.24) is 4.31 Å². The van der Waals surface area contributed by atoms with E-state index < -0.39 is 22.3 Å². The summed E-state index contributed by atoms with van der Waals surface area (Å²) < 4.78 is 69.4. The van der Waals surface area contributed by atoms with E-state index in [1.807, 2.05) is 0 Å². The van der Waals surface area contributed by atoms with Gasteiger partial charge in [0, 0.05) is 31.9 Å². The average Bonchev–Trinajstić information content (AvgIpc) is 3.46. The first-order valence-corrected chi connectivity index (χ1v) is 11.7. The molecule has 0 radical (unpaired) electrons. The molecule has 1 aliphatic carbocycles. The SMILES string of the molecule is CC(Oc1ccc(N2CCC3(CCN(S(=O)(=O)C4CC4)CC3)C2)cc1)C(F)(F)F. The van der Waals surface area contributed by atoms with Crippen LogP contribution < -0.4 is 9.64 Å². The van der Waals surface area contributed by atoms with Crippen LogP contribution in [0.3, 0.4) is 0 Å². The van der Waals surface area contributed by atoms with Crippen molar-refractivity contribution < 1.29 is 26.3 Å². The summed E-state index contributed by atoms with van der Waals surface area (Å²) in [5.74, 6) is 0.200.